The Hall–Kier alpha value is -2.61. The Labute approximate surface area is 159 Å². The molecule has 146 valence electrons. The van der Waals surface area contributed by atoms with Gasteiger partial charge in [-0.3, -0.25) is 0 Å². The molecule has 0 saturated heterocycles. The Balaban J connectivity index is 1.53. The van der Waals surface area contributed by atoms with E-state index in [4.69, 9.17) is 14.0 Å². The first-order valence-electron chi connectivity index (χ1n) is 9.40. The quantitative estimate of drug-likeness (QED) is 0.541. The zero-order valence-electron chi connectivity index (χ0n) is 16.1. The van der Waals surface area contributed by atoms with Crippen LogP contribution in [0.4, 0.5) is 0 Å². The fraction of sp³-hybridized carbons (Fsp3) is 0.526. The van der Waals surface area contributed by atoms with Crippen molar-refractivity contribution in [2.45, 2.75) is 45.9 Å². The molecule has 3 rings (SSSR count). The molecule has 2 unspecified atom stereocenters. The number of nitrogens with zero attached hydrogens (tertiary/aromatic N) is 3. The van der Waals surface area contributed by atoms with Crippen molar-refractivity contribution in [3.8, 4) is 5.75 Å². The summed E-state index contributed by atoms with van der Waals surface area (Å²) in [5.74, 6) is 2.65. The van der Waals surface area contributed by atoms with Crippen LogP contribution < -0.4 is 15.4 Å². The molecular formula is C19H27N5O3. The van der Waals surface area contributed by atoms with Gasteiger partial charge in [0.25, 0.3) is 0 Å². The van der Waals surface area contributed by atoms with Gasteiger partial charge >= 0.3 is 0 Å². The Morgan fingerprint density at radius 3 is 2.96 bits per heavy atom. The molecule has 0 saturated carbocycles. The minimum Gasteiger partial charge on any atom is -0.488 e. The molecule has 0 fully saturated rings. The van der Waals surface area contributed by atoms with Crippen LogP contribution in [-0.2, 0) is 17.7 Å². The standard InChI is InChI=1S/C19H27N5O3/c1-4-20-19(21-11-15-10-14-8-6-7-9-16(14)26-15)22-12-17-23-18(24-27-17)13(3)25-5-2/h6-9,13,15H,4-5,10-12H2,1-3H3,(H2,20,21,22). The van der Waals surface area contributed by atoms with Gasteiger partial charge in [0.05, 0.1) is 6.54 Å². The molecule has 0 amide bonds. The van der Waals surface area contributed by atoms with Crippen molar-refractivity contribution in [2.24, 2.45) is 4.99 Å². The third kappa shape index (κ3) is 5.19. The van der Waals surface area contributed by atoms with Crippen molar-refractivity contribution in [2.75, 3.05) is 19.7 Å². The lowest BCUT2D eigenvalue weighted by atomic mass is 10.1. The molecule has 8 nitrogen and oxygen atoms in total. The summed E-state index contributed by atoms with van der Waals surface area (Å²) >= 11 is 0. The largest absolute Gasteiger partial charge is 0.488 e. The maximum atomic E-state index is 5.95. The van der Waals surface area contributed by atoms with Crippen LogP contribution in [0.15, 0.2) is 33.8 Å². The van der Waals surface area contributed by atoms with E-state index in [1.54, 1.807) is 0 Å². The smallest absolute Gasteiger partial charge is 0.248 e. The van der Waals surface area contributed by atoms with Gasteiger partial charge in [0.2, 0.25) is 5.89 Å². The minimum absolute atomic E-state index is 0.0910. The second-order valence-corrected chi connectivity index (χ2v) is 6.27. The lowest BCUT2D eigenvalue weighted by Gasteiger charge is -2.15. The second kappa shape index (κ2) is 9.36. The zero-order valence-corrected chi connectivity index (χ0v) is 16.1. The Bertz CT molecular complexity index is 736. The van der Waals surface area contributed by atoms with E-state index in [9.17, 15) is 0 Å². The second-order valence-electron chi connectivity index (χ2n) is 6.27. The van der Waals surface area contributed by atoms with E-state index in [1.807, 2.05) is 39.0 Å². The number of para-hydroxylation sites is 1. The predicted molar refractivity (Wildman–Crippen MR) is 102 cm³/mol. The van der Waals surface area contributed by atoms with Crippen molar-refractivity contribution in [1.29, 1.82) is 0 Å². The number of ether oxygens (including phenoxy) is 2. The van der Waals surface area contributed by atoms with E-state index in [-0.39, 0.29) is 12.2 Å². The molecule has 27 heavy (non-hydrogen) atoms. The molecule has 0 spiro atoms. The van der Waals surface area contributed by atoms with Crippen LogP contribution in [0.3, 0.4) is 0 Å². The van der Waals surface area contributed by atoms with Gasteiger partial charge in [0.15, 0.2) is 11.8 Å². The highest BCUT2D eigenvalue weighted by atomic mass is 16.5. The number of aromatic nitrogens is 2. The number of guanidine groups is 1. The van der Waals surface area contributed by atoms with E-state index in [0.29, 0.717) is 37.4 Å². The van der Waals surface area contributed by atoms with E-state index in [0.717, 1.165) is 18.7 Å². The summed E-state index contributed by atoms with van der Waals surface area (Å²) in [6.07, 6.45) is 0.794. The van der Waals surface area contributed by atoms with Crippen molar-refractivity contribution < 1.29 is 14.0 Å². The number of nitrogens with one attached hydrogen (secondary N) is 2. The van der Waals surface area contributed by atoms with Crippen LogP contribution in [0.2, 0.25) is 0 Å². The predicted octanol–water partition coefficient (Wildman–Crippen LogP) is 2.23. The average molecular weight is 373 g/mol. The SMILES string of the molecule is CCNC(=NCc1nc(C(C)OCC)no1)NCC1Cc2ccccc2O1. The summed E-state index contributed by atoms with van der Waals surface area (Å²) < 4.78 is 16.7. The number of hydrogen-bond donors (Lipinski definition) is 2. The first kappa shape index (κ1) is 19.2. The van der Waals surface area contributed by atoms with Gasteiger partial charge in [-0.2, -0.15) is 4.98 Å². The van der Waals surface area contributed by atoms with Crippen molar-refractivity contribution >= 4 is 5.96 Å². The lowest BCUT2D eigenvalue weighted by molar-refractivity contribution is 0.0683. The number of fused-ring (bicyclic) bond motifs is 1. The van der Waals surface area contributed by atoms with Crippen molar-refractivity contribution in [1.82, 2.24) is 20.8 Å². The molecule has 2 N–H and O–H groups in total. The maximum Gasteiger partial charge on any atom is 0.248 e. The Morgan fingerprint density at radius 1 is 1.33 bits per heavy atom. The fourth-order valence-electron chi connectivity index (χ4n) is 2.89. The summed E-state index contributed by atoms with van der Waals surface area (Å²) in [6.45, 7) is 8.17. The highest BCUT2D eigenvalue weighted by Crippen LogP contribution is 2.27. The van der Waals surface area contributed by atoms with Gasteiger partial charge in [-0.1, -0.05) is 23.4 Å². The summed E-state index contributed by atoms with van der Waals surface area (Å²) in [6, 6.07) is 8.13. The third-order valence-electron chi connectivity index (χ3n) is 4.19. The summed E-state index contributed by atoms with van der Waals surface area (Å²) in [5, 5.41) is 10.5. The number of aliphatic imine (C=N–C) groups is 1. The number of benzene rings is 1. The van der Waals surface area contributed by atoms with Crippen LogP contribution in [0.5, 0.6) is 5.75 Å². The van der Waals surface area contributed by atoms with Crippen LogP contribution in [0.1, 0.15) is 44.2 Å². The third-order valence-corrected chi connectivity index (χ3v) is 4.19. The number of rotatable bonds is 8. The molecule has 2 atom stereocenters. The Morgan fingerprint density at radius 2 is 2.19 bits per heavy atom. The minimum atomic E-state index is -0.191. The van der Waals surface area contributed by atoms with E-state index < -0.39 is 0 Å². The highest BCUT2D eigenvalue weighted by Gasteiger charge is 2.22. The molecule has 1 aromatic heterocycles. The molecule has 0 aliphatic carbocycles. The van der Waals surface area contributed by atoms with Crippen molar-refractivity contribution in [3.63, 3.8) is 0 Å². The monoisotopic (exact) mass is 373 g/mol. The lowest BCUT2D eigenvalue weighted by Crippen LogP contribution is -2.42. The maximum absolute atomic E-state index is 5.95. The fourth-order valence-corrected chi connectivity index (χ4v) is 2.89. The van der Waals surface area contributed by atoms with Gasteiger partial charge < -0.3 is 24.6 Å². The summed E-state index contributed by atoms with van der Waals surface area (Å²) in [5.41, 5.74) is 1.24. The van der Waals surface area contributed by atoms with Gasteiger partial charge in [0, 0.05) is 19.6 Å². The average Bonchev–Trinajstić information content (AvgIpc) is 3.30. The highest BCUT2D eigenvalue weighted by molar-refractivity contribution is 5.79. The van der Waals surface area contributed by atoms with Gasteiger partial charge in [-0.05, 0) is 32.4 Å². The normalized spacial score (nSPS) is 17.3. The molecule has 8 heteroatoms. The molecule has 0 radical (unpaired) electrons. The van der Waals surface area contributed by atoms with E-state index >= 15 is 0 Å². The number of hydrogen-bond acceptors (Lipinski definition) is 6. The Kier molecular flexibility index (Phi) is 6.64. The molecule has 2 aromatic rings. The molecule has 1 aromatic carbocycles. The molecule has 1 aliphatic heterocycles. The molecule has 0 bridgehead atoms. The van der Waals surface area contributed by atoms with Gasteiger partial charge in [-0.15, -0.1) is 0 Å². The molecule has 1 aliphatic rings. The van der Waals surface area contributed by atoms with Crippen LogP contribution >= 0.6 is 0 Å². The van der Waals surface area contributed by atoms with Crippen molar-refractivity contribution in [3.05, 3.63) is 41.5 Å². The van der Waals surface area contributed by atoms with E-state index in [2.05, 4.69) is 31.8 Å². The van der Waals surface area contributed by atoms with E-state index in [1.165, 1.54) is 5.56 Å². The summed E-state index contributed by atoms with van der Waals surface area (Å²) in [4.78, 5) is 8.85. The molecule has 2 heterocycles. The van der Waals surface area contributed by atoms with Crippen LogP contribution in [0, 0.1) is 0 Å². The van der Waals surface area contributed by atoms with Crippen LogP contribution in [-0.4, -0.2) is 41.9 Å². The first-order valence-corrected chi connectivity index (χ1v) is 9.40. The van der Waals surface area contributed by atoms with Gasteiger partial charge in [-0.25, -0.2) is 4.99 Å². The topological polar surface area (TPSA) is 93.8 Å². The first-order chi connectivity index (χ1) is 13.2. The zero-order chi connectivity index (χ0) is 19.1. The van der Waals surface area contributed by atoms with Crippen LogP contribution in [0.25, 0.3) is 0 Å². The van der Waals surface area contributed by atoms with Gasteiger partial charge in [0.1, 0.15) is 24.5 Å². The summed E-state index contributed by atoms with van der Waals surface area (Å²) in [7, 11) is 0. The molecular weight excluding hydrogens is 346 g/mol.